The second-order valence-electron chi connectivity index (χ2n) is 8.25. The van der Waals surface area contributed by atoms with Gasteiger partial charge in [-0.15, -0.1) is 0 Å². The molecule has 2 aromatic heterocycles. The highest BCUT2D eigenvalue weighted by Crippen LogP contribution is 2.41. The Balaban J connectivity index is 1.46. The Morgan fingerprint density at radius 2 is 2.17 bits per heavy atom. The number of nitrogens with two attached hydrogens (primary N) is 1. The lowest BCUT2D eigenvalue weighted by Crippen LogP contribution is -2.58. The Morgan fingerprint density at radius 3 is 2.93 bits per heavy atom. The number of aromatic nitrogens is 3. The molecule has 9 heteroatoms. The van der Waals surface area contributed by atoms with Crippen molar-refractivity contribution in [1.82, 2.24) is 19.5 Å². The Labute approximate surface area is 173 Å². The second kappa shape index (κ2) is 6.94. The number of amides is 2. The molecule has 4 heterocycles. The summed E-state index contributed by atoms with van der Waals surface area (Å²) < 4.78 is 15.5. The van der Waals surface area contributed by atoms with Crippen molar-refractivity contribution in [3.05, 3.63) is 54.1 Å². The van der Waals surface area contributed by atoms with Crippen LogP contribution in [-0.2, 0) is 5.54 Å². The van der Waals surface area contributed by atoms with Crippen LogP contribution >= 0.6 is 0 Å². The summed E-state index contributed by atoms with van der Waals surface area (Å²) in [6.45, 7) is 4.03. The van der Waals surface area contributed by atoms with Gasteiger partial charge in [0.15, 0.2) is 5.65 Å². The average molecular weight is 409 g/mol. The first kappa shape index (κ1) is 18.8. The van der Waals surface area contributed by atoms with Gasteiger partial charge in [0.05, 0.1) is 11.7 Å². The number of fused-ring (bicyclic) bond motifs is 1. The lowest BCUT2D eigenvalue weighted by Gasteiger charge is -2.37. The van der Waals surface area contributed by atoms with Gasteiger partial charge in [-0.05, 0) is 43.5 Å². The van der Waals surface area contributed by atoms with Gasteiger partial charge < -0.3 is 20.9 Å². The second-order valence-corrected chi connectivity index (χ2v) is 8.25. The fourth-order valence-corrected chi connectivity index (χ4v) is 4.42. The summed E-state index contributed by atoms with van der Waals surface area (Å²) in [5.41, 5.74) is 7.45. The normalized spacial score (nSPS) is 21.8. The van der Waals surface area contributed by atoms with Crippen molar-refractivity contribution in [3.8, 4) is 0 Å². The predicted molar refractivity (Wildman–Crippen MR) is 112 cm³/mol. The molecule has 5 rings (SSSR count). The molecule has 2 amide bonds. The molecule has 30 heavy (non-hydrogen) atoms. The summed E-state index contributed by atoms with van der Waals surface area (Å²) in [5.74, 6) is 0.532. The van der Waals surface area contributed by atoms with Gasteiger partial charge in [-0.1, -0.05) is 12.1 Å². The minimum atomic E-state index is -0.356. The van der Waals surface area contributed by atoms with Crippen molar-refractivity contribution >= 4 is 23.2 Å². The molecule has 2 aliphatic rings. The topological polar surface area (TPSA) is 91.8 Å². The number of halogens is 1. The van der Waals surface area contributed by atoms with Crippen LogP contribution in [0.4, 0.5) is 20.7 Å². The van der Waals surface area contributed by atoms with Gasteiger partial charge in [-0.3, -0.25) is 0 Å². The fraction of sp³-hybridized carbons (Fsp3) is 0.381. The summed E-state index contributed by atoms with van der Waals surface area (Å²) in [5, 5.41) is 7.17. The molecule has 0 aliphatic carbocycles. The standard InChI is InChI=1S/C21H24FN7O/c1-21(14-4-2-5-15(22)10-14)7-3-8-28(21)18-6-9-29-19(26-18)17(11-24-29)25-20(30)27-12-16(23)13-27/h2,4-6,9-11,16H,3,7-8,12-13,23H2,1H3,(H,25,30). The largest absolute Gasteiger partial charge is 0.347 e. The van der Waals surface area contributed by atoms with E-state index in [0.29, 0.717) is 24.4 Å². The van der Waals surface area contributed by atoms with Crippen LogP contribution in [0.25, 0.3) is 5.65 Å². The monoisotopic (exact) mass is 409 g/mol. The van der Waals surface area contributed by atoms with Crippen LogP contribution in [-0.4, -0.2) is 51.2 Å². The maximum atomic E-state index is 13.9. The van der Waals surface area contributed by atoms with E-state index in [-0.39, 0.29) is 23.4 Å². The van der Waals surface area contributed by atoms with Crippen LogP contribution in [0.5, 0.6) is 0 Å². The van der Waals surface area contributed by atoms with Crippen LogP contribution in [0.1, 0.15) is 25.3 Å². The van der Waals surface area contributed by atoms with E-state index in [0.717, 1.165) is 30.8 Å². The van der Waals surface area contributed by atoms with Gasteiger partial charge in [0.25, 0.3) is 0 Å². The first-order valence-electron chi connectivity index (χ1n) is 10.1. The van der Waals surface area contributed by atoms with E-state index in [1.165, 1.54) is 6.07 Å². The molecule has 2 fully saturated rings. The molecule has 1 atom stereocenters. The zero-order valence-electron chi connectivity index (χ0n) is 16.8. The molecule has 3 N–H and O–H groups in total. The number of benzene rings is 1. The molecule has 1 unspecified atom stereocenters. The third kappa shape index (κ3) is 3.06. The lowest BCUT2D eigenvalue weighted by atomic mass is 9.89. The molecular formula is C21H24FN7O. The number of hydrogen-bond donors (Lipinski definition) is 2. The van der Waals surface area contributed by atoms with Gasteiger partial charge in [-0.25, -0.2) is 18.7 Å². The smallest absolute Gasteiger partial charge is 0.322 e. The van der Waals surface area contributed by atoms with E-state index in [1.807, 2.05) is 18.3 Å². The molecular weight excluding hydrogens is 385 g/mol. The number of anilines is 2. The molecule has 0 spiro atoms. The van der Waals surface area contributed by atoms with E-state index in [1.54, 1.807) is 27.7 Å². The summed E-state index contributed by atoms with van der Waals surface area (Å²) in [7, 11) is 0. The van der Waals surface area contributed by atoms with Crippen molar-refractivity contribution in [2.24, 2.45) is 5.73 Å². The number of nitrogens with one attached hydrogen (secondary N) is 1. The van der Waals surface area contributed by atoms with Crippen LogP contribution in [0.15, 0.2) is 42.7 Å². The van der Waals surface area contributed by atoms with Crippen LogP contribution in [0, 0.1) is 5.82 Å². The molecule has 2 aliphatic heterocycles. The summed E-state index contributed by atoms with van der Waals surface area (Å²) in [6, 6.07) is 8.51. The van der Waals surface area contributed by atoms with E-state index >= 15 is 0 Å². The average Bonchev–Trinajstić information content (AvgIpc) is 3.29. The van der Waals surface area contributed by atoms with Crippen molar-refractivity contribution < 1.29 is 9.18 Å². The first-order valence-corrected chi connectivity index (χ1v) is 10.1. The van der Waals surface area contributed by atoms with Crippen molar-refractivity contribution in [3.63, 3.8) is 0 Å². The number of likely N-dealkylation sites (tertiary alicyclic amines) is 1. The number of hydrogen-bond acceptors (Lipinski definition) is 5. The lowest BCUT2D eigenvalue weighted by molar-refractivity contribution is 0.165. The van der Waals surface area contributed by atoms with Crippen LogP contribution < -0.4 is 16.0 Å². The van der Waals surface area contributed by atoms with Crippen molar-refractivity contribution in [2.45, 2.75) is 31.3 Å². The molecule has 0 saturated carbocycles. The zero-order chi connectivity index (χ0) is 20.9. The van der Waals surface area contributed by atoms with Gasteiger partial charge in [0.2, 0.25) is 0 Å². The summed E-state index contributed by atoms with van der Waals surface area (Å²) in [6.07, 6.45) is 5.32. The highest BCUT2D eigenvalue weighted by molar-refractivity contribution is 5.93. The molecule has 156 valence electrons. The van der Waals surface area contributed by atoms with E-state index in [2.05, 4.69) is 22.2 Å². The van der Waals surface area contributed by atoms with Gasteiger partial charge in [0.1, 0.15) is 17.3 Å². The summed E-state index contributed by atoms with van der Waals surface area (Å²) in [4.78, 5) is 21.1. The first-order chi connectivity index (χ1) is 14.4. The third-order valence-corrected chi connectivity index (χ3v) is 6.16. The number of nitrogens with zero attached hydrogens (tertiary/aromatic N) is 5. The number of carbonyl (C=O) groups is 1. The Bertz CT molecular complexity index is 1110. The molecule has 1 aromatic carbocycles. The Kier molecular flexibility index (Phi) is 4.35. The number of rotatable bonds is 3. The predicted octanol–water partition coefficient (Wildman–Crippen LogP) is 2.56. The zero-order valence-corrected chi connectivity index (χ0v) is 16.8. The summed E-state index contributed by atoms with van der Waals surface area (Å²) >= 11 is 0. The maximum absolute atomic E-state index is 13.9. The minimum absolute atomic E-state index is 0.0417. The highest BCUT2D eigenvalue weighted by Gasteiger charge is 2.39. The van der Waals surface area contributed by atoms with Gasteiger partial charge >= 0.3 is 6.03 Å². The van der Waals surface area contributed by atoms with E-state index in [4.69, 9.17) is 10.7 Å². The van der Waals surface area contributed by atoms with Gasteiger partial charge in [-0.2, -0.15) is 5.10 Å². The van der Waals surface area contributed by atoms with Gasteiger partial charge in [0, 0.05) is 31.9 Å². The van der Waals surface area contributed by atoms with Crippen LogP contribution in [0.2, 0.25) is 0 Å². The molecule has 0 radical (unpaired) electrons. The molecule has 2 saturated heterocycles. The molecule has 3 aromatic rings. The van der Waals surface area contributed by atoms with E-state index < -0.39 is 0 Å². The third-order valence-electron chi connectivity index (χ3n) is 6.16. The molecule has 8 nitrogen and oxygen atoms in total. The van der Waals surface area contributed by atoms with Crippen LogP contribution in [0.3, 0.4) is 0 Å². The number of urea groups is 1. The minimum Gasteiger partial charge on any atom is -0.347 e. The SMILES string of the molecule is CC1(c2cccc(F)c2)CCCN1c1ccn2ncc(NC(=O)N3CC(N)C3)c2n1. The quantitative estimate of drug-likeness (QED) is 0.694. The van der Waals surface area contributed by atoms with E-state index in [9.17, 15) is 9.18 Å². The number of carbonyl (C=O) groups excluding carboxylic acids is 1. The maximum Gasteiger partial charge on any atom is 0.322 e. The highest BCUT2D eigenvalue weighted by atomic mass is 19.1. The Morgan fingerprint density at radius 1 is 1.33 bits per heavy atom. The van der Waals surface area contributed by atoms with Crippen molar-refractivity contribution in [1.29, 1.82) is 0 Å². The fourth-order valence-electron chi connectivity index (χ4n) is 4.42. The Hall–Kier alpha value is -3.20. The molecule has 0 bridgehead atoms. The van der Waals surface area contributed by atoms with Crippen molar-refractivity contribution in [2.75, 3.05) is 29.9 Å².